The molecule has 0 radical (unpaired) electrons. The Morgan fingerprint density at radius 1 is 1.21 bits per heavy atom. The van der Waals surface area contributed by atoms with E-state index in [4.69, 9.17) is 4.74 Å². The van der Waals surface area contributed by atoms with Crippen LogP contribution < -0.4 is 10.1 Å². The minimum absolute atomic E-state index is 0.0649. The van der Waals surface area contributed by atoms with Crippen LogP contribution >= 0.6 is 0 Å². The van der Waals surface area contributed by atoms with Crippen LogP contribution in [0.1, 0.15) is 29.4 Å². The van der Waals surface area contributed by atoms with E-state index in [-0.39, 0.29) is 11.9 Å². The van der Waals surface area contributed by atoms with E-state index >= 15 is 0 Å². The molecule has 0 unspecified atom stereocenters. The highest BCUT2D eigenvalue weighted by atomic mass is 16.5. The number of para-hydroxylation sites is 1. The summed E-state index contributed by atoms with van der Waals surface area (Å²) in [6.07, 6.45) is 1.76. The maximum Gasteiger partial charge on any atom is 0.272 e. The predicted octanol–water partition coefficient (Wildman–Crippen LogP) is 3.32. The smallest absolute Gasteiger partial charge is 0.272 e. The third kappa shape index (κ3) is 3.56. The van der Waals surface area contributed by atoms with Gasteiger partial charge in [-0.25, -0.2) is 0 Å². The highest BCUT2D eigenvalue weighted by molar-refractivity contribution is 6.04. The van der Waals surface area contributed by atoms with E-state index in [2.05, 4.69) is 27.6 Å². The average Bonchev–Trinajstić information content (AvgIpc) is 3.04. The van der Waals surface area contributed by atoms with Gasteiger partial charge in [0.1, 0.15) is 5.75 Å². The van der Waals surface area contributed by atoms with Crippen molar-refractivity contribution in [3.05, 3.63) is 59.8 Å². The number of amides is 1. The molecule has 124 valence electrons. The topological polar surface area (TPSA) is 67.0 Å². The molecular weight excluding hydrogens is 302 g/mol. The summed E-state index contributed by atoms with van der Waals surface area (Å²) in [6.45, 7) is 2.01. The SMILES string of the molecule is COc1ccc(CC[C@H](C)NC(=O)c2n[nH]c3ccccc23)cc1. The summed E-state index contributed by atoms with van der Waals surface area (Å²) in [7, 11) is 1.66. The quantitative estimate of drug-likeness (QED) is 0.731. The third-order valence-electron chi connectivity index (χ3n) is 4.09. The number of hydrogen-bond donors (Lipinski definition) is 2. The van der Waals surface area contributed by atoms with Gasteiger partial charge in [-0.15, -0.1) is 0 Å². The molecule has 0 saturated carbocycles. The monoisotopic (exact) mass is 323 g/mol. The van der Waals surface area contributed by atoms with E-state index in [1.807, 2.05) is 43.3 Å². The Morgan fingerprint density at radius 3 is 2.71 bits per heavy atom. The fraction of sp³-hybridized carbons (Fsp3) is 0.263. The standard InChI is InChI=1S/C19H21N3O2/c1-13(7-8-14-9-11-15(24-2)12-10-14)20-19(23)18-16-5-3-4-6-17(16)21-22-18/h3-6,9-13H,7-8H2,1-2H3,(H,20,23)(H,21,22)/t13-/m0/s1. The van der Waals surface area contributed by atoms with Crippen LogP contribution in [0.15, 0.2) is 48.5 Å². The molecular formula is C19H21N3O2. The molecule has 24 heavy (non-hydrogen) atoms. The predicted molar refractivity (Wildman–Crippen MR) is 94.3 cm³/mol. The molecule has 0 aliphatic heterocycles. The summed E-state index contributed by atoms with van der Waals surface area (Å²) in [5, 5.41) is 10.9. The molecule has 5 nitrogen and oxygen atoms in total. The zero-order chi connectivity index (χ0) is 16.9. The lowest BCUT2D eigenvalue weighted by Gasteiger charge is -2.13. The van der Waals surface area contributed by atoms with Crippen molar-refractivity contribution in [3.8, 4) is 5.75 Å². The van der Waals surface area contributed by atoms with Crippen molar-refractivity contribution in [1.82, 2.24) is 15.5 Å². The Morgan fingerprint density at radius 2 is 1.96 bits per heavy atom. The largest absolute Gasteiger partial charge is 0.497 e. The second-order valence-corrected chi connectivity index (χ2v) is 5.88. The van der Waals surface area contributed by atoms with Crippen LogP contribution in [-0.4, -0.2) is 29.3 Å². The molecule has 1 heterocycles. The maximum atomic E-state index is 12.4. The van der Waals surface area contributed by atoms with Gasteiger partial charge in [-0.2, -0.15) is 5.10 Å². The lowest BCUT2D eigenvalue weighted by atomic mass is 10.1. The van der Waals surface area contributed by atoms with Gasteiger partial charge in [-0.05, 0) is 43.5 Å². The summed E-state index contributed by atoms with van der Waals surface area (Å²) >= 11 is 0. The average molecular weight is 323 g/mol. The first-order valence-electron chi connectivity index (χ1n) is 8.04. The molecule has 0 bridgehead atoms. The van der Waals surface area contributed by atoms with Gasteiger partial charge in [0, 0.05) is 11.4 Å². The highest BCUT2D eigenvalue weighted by Crippen LogP contribution is 2.16. The first kappa shape index (κ1) is 16.1. The molecule has 0 fully saturated rings. The van der Waals surface area contributed by atoms with Gasteiger partial charge in [0.15, 0.2) is 5.69 Å². The van der Waals surface area contributed by atoms with Gasteiger partial charge >= 0.3 is 0 Å². The number of ether oxygens (including phenoxy) is 1. The summed E-state index contributed by atoms with van der Waals surface area (Å²) in [5.74, 6) is 0.709. The first-order chi connectivity index (χ1) is 11.7. The zero-order valence-electron chi connectivity index (χ0n) is 13.9. The fourth-order valence-electron chi connectivity index (χ4n) is 2.68. The number of nitrogens with one attached hydrogen (secondary N) is 2. The van der Waals surface area contributed by atoms with Crippen molar-refractivity contribution in [2.75, 3.05) is 7.11 Å². The van der Waals surface area contributed by atoms with Gasteiger partial charge in [-0.1, -0.05) is 30.3 Å². The van der Waals surface area contributed by atoms with Crippen molar-refractivity contribution < 1.29 is 9.53 Å². The molecule has 0 spiro atoms. The van der Waals surface area contributed by atoms with Crippen LogP contribution in [0.2, 0.25) is 0 Å². The Bertz CT molecular complexity index is 824. The second-order valence-electron chi connectivity index (χ2n) is 5.88. The number of rotatable bonds is 6. The molecule has 3 aromatic rings. The molecule has 2 N–H and O–H groups in total. The summed E-state index contributed by atoms with van der Waals surface area (Å²) < 4.78 is 5.16. The number of nitrogens with zero attached hydrogens (tertiary/aromatic N) is 1. The first-order valence-corrected chi connectivity index (χ1v) is 8.04. The Labute approximate surface area is 141 Å². The normalized spacial score (nSPS) is 12.1. The lowest BCUT2D eigenvalue weighted by molar-refractivity contribution is 0.0935. The minimum Gasteiger partial charge on any atom is -0.497 e. The van der Waals surface area contributed by atoms with Gasteiger partial charge in [0.2, 0.25) is 0 Å². The Balaban J connectivity index is 1.57. The van der Waals surface area contributed by atoms with E-state index in [1.54, 1.807) is 7.11 Å². The zero-order valence-corrected chi connectivity index (χ0v) is 13.9. The molecule has 0 aliphatic carbocycles. The lowest BCUT2D eigenvalue weighted by Crippen LogP contribution is -2.33. The van der Waals surface area contributed by atoms with Gasteiger partial charge in [-0.3, -0.25) is 9.89 Å². The highest BCUT2D eigenvalue weighted by Gasteiger charge is 2.15. The fourth-order valence-corrected chi connectivity index (χ4v) is 2.68. The molecule has 1 amide bonds. The number of benzene rings is 2. The van der Waals surface area contributed by atoms with Gasteiger partial charge in [0.05, 0.1) is 12.6 Å². The van der Waals surface area contributed by atoms with Gasteiger partial charge < -0.3 is 10.1 Å². The molecule has 3 rings (SSSR count). The molecule has 1 atom stereocenters. The number of H-pyrrole nitrogens is 1. The summed E-state index contributed by atoms with van der Waals surface area (Å²) in [5.41, 5.74) is 2.54. The third-order valence-corrected chi connectivity index (χ3v) is 4.09. The Hall–Kier alpha value is -2.82. The molecule has 0 saturated heterocycles. The van der Waals surface area contributed by atoms with Crippen molar-refractivity contribution in [1.29, 1.82) is 0 Å². The van der Waals surface area contributed by atoms with Crippen LogP contribution in [0.3, 0.4) is 0 Å². The number of carbonyl (C=O) groups is 1. The molecule has 0 aliphatic rings. The van der Waals surface area contributed by atoms with E-state index in [0.717, 1.165) is 29.5 Å². The maximum absolute atomic E-state index is 12.4. The van der Waals surface area contributed by atoms with E-state index in [9.17, 15) is 4.79 Å². The number of fused-ring (bicyclic) bond motifs is 1. The summed E-state index contributed by atoms with van der Waals surface area (Å²) in [6, 6.07) is 15.7. The van der Waals surface area contributed by atoms with Crippen LogP contribution in [-0.2, 0) is 6.42 Å². The van der Waals surface area contributed by atoms with Crippen molar-refractivity contribution >= 4 is 16.8 Å². The number of hydrogen-bond acceptors (Lipinski definition) is 3. The number of aromatic nitrogens is 2. The van der Waals surface area contributed by atoms with Crippen molar-refractivity contribution in [2.24, 2.45) is 0 Å². The van der Waals surface area contributed by atoms with Crippen LogP contribution in [0.4, 0.5) is 0 Å². The van der Waals surface area contributed by atoms with Gasteiger partial charge in [0.25, 0.3) is 5.91 Å². The van der Waals surface area contributed by atoms with E-state index in [1.165, 1.54) is 5.56 Å². The minimum atomic E-state index is -0.144. The molecule has 5 heteroatoms. The Kier molecular flexibility index (Phi) is 4.79. The molecule has 2 aromatic carbocycles. The van der Waals surface area contributed by atoms with Crippen molar-refractivity contribution in [2.45, 2.75) is 25.8 Å². The summed E-state index contributed by atoms with van der Waals surface area (Å²) in [4.78, 5) is 12.4. The molecule has 1 aromatic heterocycles. The van der Waals surface area contributed by atoms with Crippen LogP contribution in [0.5, 0.6) is 5.75 Å². The van der Waals surface area contributed by atoms with Crippen LogP contribution in [0.25, 0.3) is 10.9 Å². The number of methoxy groups -OCH3 is 1. The van der Waals surface area contributed by atoms with E-state index in [0.29, 0.717) is 5.69 Å². The van der Waals surface area contributed by atoms with Crippen LogP contribution in [0, 0.1) is 0 Å². The second kappa shape index (κ2) is 7.17. The van der Waals surface area contributed by atoms with E-state index < -0.39 is 0 Å². The number of aromatic amines is 1. The van der Waals surface area contributed by atoms with Crippen molar-refractivity contribution in [3.63, 3.8) is 0 Å². The number of aryl methyl sites for hydroxylation is 1. The number of carbonyl (C=O) groups excluding carboxylic acids is 1.